The minimum Gasteiger partial charge on any atom is -0.458 e. The van der Waals surface area contributed by atoms with Gasteiger partial charge < -0.3 is 54.8 Å². The van der Waals surface area contributed by atoms with Gasteiger partial charge in [0.05, 0.1) is 12.2 Å². The van der Waals surface area contributed by atoms with Gasteiger partial charge in [-0.2, -0.15) is 0 Å². The van der Waals surface area contributed by atoms with Gasteiger partial charge in [0.25, 0.3) is 0 Å². The van der Waals surface area contributed by atoms with Crippen molar-refractivity contribution >= 4 is 47.5 Å². The van der Waals surface area contributed by atoms with Crippen molar-refractivity contribution in [3.8, 4) is 11.1 Å². The van der Waals surface area contributed by atoms with Gasteiger partial charge >= 0.3 is 12.1 Å². The van der Waals surface area contributed by atoms with Crippen LogP contribution in [0, 0.1) is 17.8 Å². The van der Waals surface area contributed by atoms with Crippen LogP contribution in [0.5, 0.6) is 0 Å². The first-order chi connectivity index (χ1) is 34.5. The number of likely N-dealkylation sites (N-methyl/N-ethyl adjacent to an activating group) is 4. The number of benzene rings is 2. The van der Waals surface area contributed by atoms with Crippen LogP contribution in [-0.4, -0.2) is 184 Å². The number of aliphatic hydroxyl groups is 2. The Kier molecular flexibility index (Phi) is 20.8. The van der Waals surface area contributed by atoms with E-state index in [0.717, 1.165) is 37.0 Å². The molecule has 19 nitrogen and oxygen atoms in total. The number of fused-ring (bicyclic) bond motifs is 3. The lowest BCUT2D eigenvalue weighted by Crippen LogP contribution is -2.64. The highest BCUT2D eigenvalue weighted by Crippen LogP contribution is 2.44. The first kappa shape index (κ1) is 60.5. The summed E-state index contributed by atoms with van der Waals surface area (Å²) in [5.41, 5.74) is 3.36. The topological polar surface area (TPSA) is 236 Å². The molecule has 2 aliphatic rings. The zero-order chi connectivity index (χ0) is 55.8. The zero-order valence-corrected chi connectivity index (χ0v) is 46.4. The molecular weight excluding hydrogens is 951 g/mol. The van der Waals surface area contributed by atoms with Crippen molar-refractivity contribution in [2.75, 3.05) is 41.3 Å². The quantitative estimate of drug-likeness (QED) is 0.129. The molecule has 1 aliphatic carbocycles. The van der Waals surface area contributed by atoms with Crippen molar-refractivity contribution < 1.29 is 58.0 Å². The Bertz CT molecular complexity index is 2300. The monoisotopic (exact) mass is 1030 g/mol. The molecule has 1 saturated heterocycles. The predicted octanol–water partition coefficient (Wildman–Crippen LogP) is 4.16. The molecule has 19 heteroatoms. The maximum absolute atomic E-state index is 14.5. The van der Waals surface area contributed by atoms with Crippen molar-refractivity contribution in [3.63, 3.8) is 0 Å². The van der Waals surface area contributed by atoms with Crippen molar-refractivity contribution in [1.29, 1.82) is 0 Å². The summed E-state index contributed by atoms with van der Waals surface area (Å²) in [6, 6.07) is 7.12. The number of esters is 1. The predicted molar refractivity (Wildman–Crippen MR) is 279 cm³/mol. The lowest BCUT2D eigenvalue weighted by molar-refractivity contribution is -0.168. The van der Waals surface area contributed by atoms with Crippen molar-refractivity contribution in [2.24, 2.45) is 17.8 Å². The number of nitrogens with zero attached hydrogens (tertiary/aromatic N) is 5. The largest absolute Gasteiger partial charge is 0.458 e. The first-order valence-corrected chi connectivity index (χ1v) is 25.9. The summed E-state index contributed by atoms with van der Waals surface area (Å²) in [6.45, 7) is 20.0. The third kappa shape index (κ3) is 13.8. The van der Waals surface area contributed by atoms with Gasteiger partial charge in [-0.25, -0.2) is 9.59 Å². The molecule has 4 N–H and O–H groups in total. The molecule has 0 bridgehead atoms. The van der Waals surface area contributed by atoms with E-state index in [1.807, 2.05) is 62.4 Å². The Balaban J connectivity index is 1.46. The summed E-state index contributed by atoms with van der Waals surface area (Å²) in [5.74, 6) is -6.42. The lowest BCUT2D eigenvalue weighted by Gasteiger charge is -2.41. The molecule has 1 heterocycles. The van der Waals surface area contributed by atoms with E-state index in [4.69, 9.17) is 9.47 Å². The minimum atomic E-state index is -1.55. The fourth-order valence-corrected chi connectivity index (χ4v) is 10.3. The number of hydrogen-bond donors (Lipinski definition) is 4. The van der Waals surface area contributed by atoms with E-state index in [1.54, 1.807) is 48.5 Å². The second kappa shape index (κ2) is 25.4. The van der Waals surface area contributed by atoms with Crippen molar-refractivity contribution in [2.45, 2.75) is 168 Å². The highest BCUT2D eigenvalue weighted by molar-refractivity contribution is 5.98. The Hall–Kier alpha value is -6.08. The van der Waals surface area contributed by atoms with Crippen LogP contribution in [0.25, 0.3) is 11.1 Å². The summed E-state index contributed by atoms with van der Waals surface area (Å²) in [7, 11) is 5.49. The number of hydrogen-bond acceptors (Lipinski definition) is 12. The molecule has 74 heavy (non-hydrogen) atoms. The SMILES string of the molecule is CC[C@H](C)[C@@H](C(=O)OC(C)(C)C)N(C)C(=O)[C@H](C(C)C)N(C)C(=O)[C@H]([C@@H](C)O)N(C)C(=O)[C@@H](NC(=O)[C@H]([C@@H](C)O)N(C)C(=O)[C@@H]1CCCN1C(=O)[C@H](C)NC(=O)OCC1c2ccccc2-c2ccccc21)C(C)C. The van der Waals surface area contributed by atoms with Crippen LogP contribution in [0.1, 0.15) is 119 Å². The molecule has 0 spiro atoms. The fraction of sp³-hybridized carbons (Fsp3) is 0.636. The summed E-state index contributed by atoms with van der Waals surface area (Å²) >= 11 is 0. The lowest BCUT2D eigenvalue weighted by atomic mass is 9.94. The molecular formula is C55H83N7O12. The van der Waals surface area contributed by atoms with Gasteiger partial charge in [-0.1, -0.05) is 96.5 Å². The number of likely N-dealkylation sites (tertiary alicyclic amines) is 1. The van der Waals surface area contributed by atoms with Gasteiger partial charge in [-0.05, 0) is 94.4 Å². The van der Waals surface area contributed by atoms with Gasteiger partial charge in [-0.15, -0.1) is 0 Å². The van der Waals surface area contributed by atoms with E-state index in [1.165, 1.54) is 58.8 Å². The average Bonchev–Trinajstić information content (AvgIpc) is 3.94. The second-order valence-electron chi connectivity index (χ2n) is 21.8. The number of rotatable bonds is 21. The zero-order valence-electron chi connectivity index (χ0n) is 46.4. The first-order valence-electron chi connectivity index (χ1n) is 25.9. The van der Waals surface area contributed by atoms with Crippen LogP contribution in [-0.2, 0) is 43.0 Å². The summed E-state index contributed by atoms with van der Waals surface area (Å²) in [4.78, 5) is 118. The van der Waals surface area contributed by atoms with Crippen molar-refractivity contribution in [3.05, 3.63) is 59.7 Å². The number of alkyl carbamates (subject to hydrolysis) is 1. The Morgan fingerprint density at radius 3 is 1.66 bits per heavy atom. The second-order valence-corrected chi connectivity index (χ2v) is 21.8. The van der Waals surface area contributed by atoms with Crippen molar-refractivity contribution in [1.82, 2.24) is 35.1 Å². The standard InChI is InChI=1S/C55H83N7O12/c1-17-32(6)44(53(71)74-55(10,11)12)59(14)51(69)43(31(4)5)58(13)52(70)46(35(9)64)61(16)50(68)42(30(2)3)57-47(65)45(34(8)63)60(15)49(67)41-27-22-28-62(41)48(66)33(7)56-54(72)73-29-40-38-25-20-18-23-36(38)37-24-19-21-26-39(37)40/h18-21,23-26,30-35,40-46,63-64H,17,22,27-29H2,1-16H3,(H,56,72)(H,57,65)/t32-,33-,34+,35+,41-,42-,43-,44-,45-,46-/m0/s1. The van der Waals surface area contributed by atoms with Crippen LogP contribution in [0.3, 0.4) is 0 Å². The number of aliphatic hydroxyl groups excluding tert-OH is 2. The van der Waals surface area contributed by atoms with Crippen LogP contribution in [0.2, 0.25) is 0 Å². The highest BCUT2D eigenvalue weighted by Gasteiger charge is 2.46. The molecule has 410 valence electrons. The maximum Gasteiger partial charge on any atom is 0.407 e. The molecule has 0 aromatic heterocycles. The van der Waals surface area contributed by atoms with Gasteiger partial charge in [0.1, 0.15) is 54.5 Å². The molecule has 7 amide bonds. The van der Waals surface area contributed by atoms with E-state index >= 15 is 0 Å². The van der Waals surface area contributed by atoms with Crippen LogP contribution in [0.4, 0.5) is 4.79 Å². The molecule has 2 aromatic rings. The molecule has 10 atom stereocenters. The normalized spacial score (nSPS) is 18.1. The Labute approximate surface area is 437 Å². The number of carbonyl (C=O) groups excluding carboxylic acids is 8. The van der Waals surface area contributed by atoms with Gasteiger partial charge in [-0.3, -0.25) is 28.8 Å². The van der Waals surface area contributed by atoms with Crippen LogP contribution in [0.15, 0.2) is 48.5 Å². The molecule has 0 saturated carbocycles. The van der Waals surface area contributed by atoms with E-state index in [-0.39, 0.29) is 31.4 Å². The molecule has 0 radical (unpaired) electrons. The van der Waals surface area contributed by atoms with E-state index in [9.17, 15) is 48.6 Å². The molecule has 1 aliphatic heterocycles. The third-order valence-corrected chi connectivity index (χ3v) is 14.3. The summed E-state index contributed by atoms with van der Waals surface area (Å²) in [5, 5.41) is 27.5. The molecule has 2 aromatic carbocycles. The maximum atomic E-state index is 14.5. The Morgan fingerprint density at radius 1 is 0.676 bits per heavy atom. The van der Waals surface area contributed by atoms with Crippen LogP contribution >= 0.6 is 0 Å². The molecule has 0 unspecified atom stereocenters. The number of ether oxygens (including phenoxy) is 2. The van der Waals surface area contributed by atoms with Crippen LogP contribution < -0.4 is 10.6 Å². The third-order valence-electron chi connectivity index (χ3n) is 14.3. The van der Waals surface area contributed by atoms with E-state index in [0.29, 0.717) is 12.8 Å². The number of carbonyl (C=O) groups is 8. The highest BCUT2D eigenvalue weighted by atomic mass is 16.6. The Morgan fingerprint density at radius 2 is 1.18 bits per heavy atom. The smallest absolute Gasteiger partial charge is 0.407 e. The molecule has 1 fully saturated rings. The summed E-state index contributed by atoms with van der Waals surface area (Å²) < 4.78 is 11.4. The van der Waals surface area contributed by atoms with Gasteiger partial charge in [0.15, 0.2) is 0 Å². The fourth-order valence-electron chi connectivity index (χ4n) is 10.3. The number of nitrogens with one attached hydrogen (secondary N) is 2. The van der Waals surface area contributed by atoms with Gasteiger partial charge in [0, 0.05) is 40.7 Å². The van der Waals surface area contributed by atoms with Gasteiger partial charge in [0.2, 0.25) is 35.4 Å². The van der Waals surface area contributed by atoms with E-state index in [2.05, 4.69) is 10.6 Å². The van der Waals surface area contributed by atoms with E-state index < -0.39 is 119 Å². The number of amides is 7. The summed E-state index contributed by atoms with van der Waals surface area (Å²) in [6.07, 6.45) is -2.52. The minimum absolute atomic E-state index is 0.0349. The average molecular weight is 1030 g/mol. The molecule has 4 rings (SSSR count).